The number of nitrogens with one attached hydrogen (secondary N) is 1. The lowest BCUT2D eigenvalue weighted by atomic mass is 10.3. The predicted octanol–water partition coefficient (Wildman–Crippen LogP) is 1.99. The van der Waals surface area contributed by atoms with Gasteiger partial charge < -0.3 is 11.1 Å². The SMILES string of the molecule is CC(C)Nc1nc(N)nc(-c2cccc(Cl)n2)n1. The monoisotopic (exact) mass is 264 g/mol. The number of aromatic nitrogens is 4. The Balaban J connectivity index is 2.41. The van der Waals surface area contributed by atoms with Crippen molar-refractivity contribution >= 4 is 23.5 Å². The van der Waals surface area contributed by atoms with E-state index in [1.807, 2.05) is 13.8 Å². The molecular weight excluding hydrogens is 252 g/mol. The lowest BCUT2D eigenvalue weighted by Gasteiger charge is -2.09. The van der Waals surface area contributed by atoms with Crippen LogP contribution in [0, 0.1) is 0 Å². The number of halogens is 1. The Kier molecular flexibility index (Phi) is 3.57. The molecule has 0 aliphatic heterocycles. The number of nitrogen functional groups attached to an aromatic ring is 1. The van der Waals surface area contributed by atoms with Crippen LogP contribution in [-0.2, 0) is 0 Å². The minimum atomic E-state index is 0.143. The summed E-state index contributed by atoms with van der Waals surface area (Å²) in [5, 5.41) is 3.45. The van der Waals surface area contributed by atoms with Gasteiger partial charge in [-0.2, -0.15) is 15.0 Å². The molecule has 2 rings (SSSR count). The highest BCUT2D eigenvalue weighted by atomic mass is 35.5. The van der Waals surface area contributed by atoms with Crippen LogP contribution in [0.4, 0.5) is 11.9 Å². The van der Waals surface area contributed by atoms with Gasteiger partial charge in [-0.3, -0.25) is 0 Å². The molecule has 0 radical (unpaired) electrons. The minimum Gasteiger partial charge on any atom is -0.368 e. The molecule has 0 aliphatic rings. The van der Waals surface area contributed by atoms with E-state index in [2.05, 4.69) is 25.3 Å². The van der Waals surface area contributed by atoms with Crippen molar-refractivity contribution in [3.63, 3.8) is 0 Å². The summed E-state index contributed by atoms with van der Waals surface area (Å²) in [4.78, 5) is 16.4. The van der Waals surface area contributed by atoms with Crippen molar-refractivity contribution in [2.45, 2.75) is 19.9 Å². The maximum atomic E-state index is 5.83. The number of anilines is 2. The molecular formula is C11H13ClN6. The smallest absolute Gasteiger partial charge is 0.228 e. The third-order valence-corrected chi connectivity index (χ3v) is 2.23. The van der Waals surface area contributed by atoms with Gasteiger partial charge in [0, 0.05) is 6.04 Å². The average molecular weight is 265 g/mol. The third-order valence-electron chi connectivity index (χ3n) is 2.01. The number of nitrogens with zero attached hydrogens (tertiary/aromatic N) is 4. The zero-order valence-electron chi connectivity index (χ0n) is 10.1. The topological polar surface area (TPSA) is 89.6 Å². The molecule has 0 aliphatic carbocycles. The molecule has 0 unspecified atom stereocenters. The molecule has 2 heterocycles. The van der Waals surface area contributed by atoms with Crippen LogP contribution in [0.2, 0.25) is 5.15 Å². The van der Waals surface area contributed by atoms with Gasteiger partial charge in [-0.25, -0.2) is 4.98 Å². The van der Waals surface area contributed by atoms with Gasteiger partial charge in [0.15, 0.2) is 5.82 Å². The molecule has 0 spiro atoms. The molecule has 7 heteroatoms. The van der Waals surface area contributed by atoms with E-state index in [-0.39, 0.29) is 12.0 Å². The predicted molar refractivity (Wildman–Crippen MR) is 71.2 cm³/mol. The Morgan fingerprint density at radius 3 is 2.61 bits per heavy atom. The van der Waals surface area contributed by atoms with Crippen LogP contribution in [-0.4, -0.2) is 26.0 Å². The Morgan fingerprint density at radius 2 is 1.94 bits per heavy atom. The average Bonchev–Trinajstić information content (AvgIpc) is 2.27. The zero-order valence-corrected chi connectivity index (χ0v) is 10.8. The van der Waals surface area contributed by atoms with Crippen molar-refractivity contribution in [3.05, 3.63) is 23.4 Å². The number of hydrogen-bond acceptors (Lipinski definition) is 6. The standard InChI is InChI=1S/C11H13ClN6/c1-6(2)14-11-17-9(16-10(13)18-11)7-4-3-5-8(12)15-7/h3-6H,1-2H3,(H3,13,14,16,17,18). The third kappa shape index (κ3) is 3.04. The van der Waals surface area contributed by atoms with Crippen LogP contribution in [0.1, 0.15) is 13.8 Å². The Morgan fingerprint density at radius 1 is 1.17 bits per heavy atom. The second-order valence-corrected chi connectivity index (χ2v) is 4.37. The maximum absolute atomic E-state index is 5.83. The van der Waals surface area contributed by atoms with Crippen LogP contribution in [0.5, 0.6) is 0 Å². The molecule has 0 fully saturated rings. The summed E-state index contributed by atoms with van der Waals surface area (Å²) >= 11 is 5.83. The normalized spacial score (nSPS) is 10.7. The molecule has 0 bridgehead atoms. The quantitative estimate of drug-likeness (QED) is 0.824. The Hall–Kier alpha value is -1.95. The summed E-state index contributed by atoms with van der Waals surface area (Å²) in [5.41, 5.74) is 6.21. The van der Waals surface area contributed by atoms with Crippen LogP contribution in [0.3, 0.4) is 0 Å². The molecule has 0 atom stereocenters. The fourth-order valence-electron chi connectivity index (χ4n) is 1.36. The first-order valence-electron chi connectivity index (χ1n) is 5.45. The first-order chi connectivity index (χ1) is 8.54. The molecule has 18 heavy (non-hydrogen) atoms. The van der Waals surface area contributed by atoms with Gasteiger partial charge in [0.2, 0.25) is 11.9 Å². The van der Waals surface area contributed by atoms with Gasteiger partial charge in [-0.05, 0) is 26.0 Å². The van der Waals surface area contributed by atoms with Crippen molar-refractivity contribution in [1.82, 2.24) is 19.9 Å². The van der Waals surface area contributed by atoms with Gasteiger partial charge >= 0.3 is 0 Å². The molecule has 94 valence electrons. The van der Waals surface area contributed by atoms with Gasteiger partial charge in [-0.1, -0.05) is 17.7 Å². The summed E-state index contributed by atoms with van der Waals surface area (Å²) < 4.78 is 0. The van der Waals surface area contributed by atoms with Crippen LogP contribution in [0.15, 0.2) is 18.2 Å². The summed E-state index contributed by atoms with van der Waals surface area (Å²) in [5.74, 6) is 0.965. The van der Waals surface area contributed by atoms with Crippen molar-refractivity contribution in [3.8, 4) is 11.5 Å². The second-order valence-electron chi connectivity index (χ2n) is 3.99. The number of hydrogen-bond donors (Lipinski definition) is 2. The van der Waals surface area contributed by atoms with E-state index in [9.17, 15) is 0 Å². The van der Waals surface area contributed by atoms with Gasteiger partial charge in [-0.15, -0.1) is 0 Å². The maximum Gasteiger partial charge on any atom is 0.228 e. The highest BCUT2D eigenvalue weighted by molar-refractivity contribution is 6.29. The summed E-state index contributed by atoms with van der Waals surface area (Å²) in [6, 6.07) is 5.43. The van der Waals surface area contributed by atoms with E-state index in [4.69, 9.17) is 17.3 Å². The Bertz CT molecular complexity index is 557. The summed E-state index contributed by atoms with van der Waals surface area (Å²) in [7, 11) is 0. The van der Waals surface area contributed by atoms with Gasteiger partial charge in [0.25, 0.3) is 0 Å². The van der Waals surface area contributed by atoms with E-state index >= 15 is 0 Å². The number of pyridine rings is 1. The van der Waals surface area contributed by atoms with Gasteiger partial charge in [0.05, 0.1) is 0 Å². The van der Waals surface area contributed by atoms with Crippen LogP contribution < -0.4 is 11.1 Å². The molecule has 2 aromatic heterocycles. The lowest BCUT2D eigenvalue weighted by molar-refractivity contribution is 0.869. The highest BCUT2D eigenvalue weighted by Crippen LogP contribution is 2.17. The molecule has 0 aromatic carbocycles. The minimum absolute atomic E-state index is 0.143. The summed E-state index contributed by atoms with van der Waals surface area (Å²) in [6.45, 7) is 3.97. The van der Waals surface area contributed by atoms with E-state index in [0.717, 1.165) is 0 Å². The Labute approximate surface area is 110 Å². The van der Waals surface area contributed by atoms with E-state index in [0.29, 0.717) is 22.6 Å². The molecule has 6 nitrogen and oxygen atoms in total. The largest absolute Gasteiger partial charge is 0.368 e. The first kappa shape index (κ1) is 12.5. The molecule has 0 saturated heterocycles. The fourth-order valence-corrected chi connectivity index (χ4v) is 1.53. The highest BCUT2D eigenvalue weighted by Gasteiger charge is 2.09. The molecule has 2 aromatic rings. The van der Waals surface area contributed by atoms with Crippen molar-refractivity contribution in [1.29, 1.82) is 0 Å². The zero-order chi connectivity index (χ0) is 13.1. The van der Waals surface area contributed by atoms with Gasteiger partial charge in [0.1, 0.15) is 10.8 Å². The van der Waals surface area contributed by atoms with Crippen molar-refractivity contribution in [2.75, 3.05) is 11.1 Å². The van der Waals surface area contributed by atoms with E-state index < -0.39 is 0 Å². The van der Waals surface area contributed by atoms with Crippen LogP contribution in [0.25, 0.3) is 11.5 Å². The molecule has 0 amide bonds. The van der Waals surface area contributed by atoms with Crippen molar-refractivity contribution in [2.24, 2.45) is 0 Å². The fraction of sp³-hybridized carbons (Fsp3) is 0.273. The van der Waals surface area contributed by atoms with E-state index in [1.165, 1.54) is 0 Å². The number of rotatable bonds is 3. The number of nitrogens with two attached hydrogens (primary N) is 1. The molecule has 0 saturated carbocycles. The van der Waals surface area contributed by atoms with Crippen molar-refractivity contribution < 1.29 is 0 Å². The lowest BCUT2D eigenvalue weighted by Crippen LogP contribution is -2.14. The second kappa shape index (κ2) is 5.14. The van der Waals surface area contributed by atoms with E-state index in [1.54, 1.807) is 18.2 Å². The first-order valence-corrected chi connectivity index (χ1v) is 5.83. The molecule has 3 N–H and O–H groups in total. The van der Waals surface area contributed by atoms with Crippen LogP contribution >= 0.6 is 11.6 Å². The summed E-state index contributed by atoms with van der Waals surface area (Å²) in [6.07, 6.45) is 0.